The van der Waals surface area contributed by atoms with Gasteiger partial charge in [-0.2, -0.15) is 0 Å². The minimum Gasteiger partial charge on any atom is -0.357 e. The van der Waals surface area contributed by atoms with Gasteiger partial charge < -0.3 is 9.80 Å². The van der Waals surface area contributed by atoms with Crippen LogP contribution in [0.1, 0.15) is 0 Å². The third-order valence-corrected chi connectivity index (χ3v) is 4.35. The van der Waals surface area contributed by atoms with Crippen LogP contribution in [0.25, 0.3) is 0 Å². The predicted octanol–water partition coefficient (Wildman–Crippen LogP) is 2.66. The smallest absolute Gasteiger partial charge is 0.106 e. The van der Waals surface area contributed by atoms with Crippen LogP contribution in [0.15, 0.2) is 29.2 Å². The molecule has 0 saturated carbocycles. The Morgan fingerprint density at radius 2 is 1.83 bits per heavy atom. The summed E-state index contributed by atoms with van der Waals surface area (Å²) in [4.78, 5) is 5.64. The fourth-order valence-electron chi connectivity index (χ4n) is 1.85. The minimum absolute atomic E-state index is 0.725. The molecule has 3 nitrogen and oxygen atoms in total. The molecule has 0 radical (unpaired) electrons. The lowest BCUT2D eigenvalue weighted by Gasteiger charge is -2.34. The molecule has 1 aliphatic rings. The van der Waals surface area contributed by atoms with Crippen LogP contribution in [-0.4, -0.2) is 54.6 Å². The lowest BCUT2D eigenvalue weighted by molar-refractivity contribution is 0.214. The zero-order chi connectivity index (χ0) is 13.0. The van der Waals surface area contributed by atoms with Gasteiger partial charge >= 0.3 is 0 Å². The van der Waals surface area contributed by atoms with Gasteiger partial charge in [0, 0.05) is 36.1 Å². The topological polar surface area (TPSA) is 30.3 Å². The van der Waals surface area contributed by atoms with Crippen molar-refractivity contribution in [1.82, 2.24) is 9.80 Å². The lowest BCUT2D eigenvalue weighted by Crippen LogP contribution is -2.47. The highest BCUT2D eigenvalue weighted by molar-refractivity contribution is 8.00. The van der Waals surface area contributed by atoms with Gasteiger partial charge in [0.25, 0.3) is 0 Å². The summed E-state index contributed by atoms with van der Waals surface area (Å²) in [5.74, 6) is 1.45. The zero-order valence-electron chi connectivity index (χ0n) is 10.5. The molecule has 2 rings (SSSR count). The number of nitrogens with zero attached hydrogens (tertiary/aromatic N) is 2. The third-order valence-electron chi connectivity index (χ3n) is 3.07. The number of likely N-dealkylation sites (N-methyl/N-ethyl adjacent to an activating group) is 1. The van der Waals surface area contributed by atoms with Crippen molar-refractivity contribution in [3.05, 3.63) is 29.3 Å². The largest absolute Gasteiger partial charge is 0.357 e. The maximum Gasteiger partial charge on any atom is 0.106 e. The number of thioether (sulfide) groups is 1. The predicted molar refractivity (Wildman–Crippen MR) is 79.0 cm³/mol. The van der Waals surface area contributed by atoms with E-state index in [0.29, 0.717) is 0 Å². The SMILES string of the molecule is CN1CCN(C(=N)CSc2ccc(Cl)cc2)CC1. The number of amidine groups is 1. The average molecular weight is 284 g/mol. The van der Waals surface area contributed by atoms with E-state index in [2.05, 4.69) is 16.8 Å². The standard InChI is InChI=1S/C13H18ClN3S/c1-16-6-8-17(9-7-16)13(15)10-18-12-4-2-11(14)3-5-12/h2-5,15H,6-10H2,1H3. The van der Waals surface area contributed by atoms with Gasteiger partial charge in [0.15, 0.2) is 0 Å². The molecule has 0 atom stereocenters. The molecule has 1 saturated heterocycles. The molecule has 1 N–H and O–H groups in total. The van der Waals surface area contributed by atoms with Crippen LogP contribution in [0.4, 0.5) is 0 Å². The zero-order valence-corrected chi connectivity index (χ0v) is 12.1. The van der Waals surface area contributed by atoms with Crippen molar-refractivity contribution in [1.29, 1.82) is 5.41 Å². The Morgan fingerprint density at radius 1 is 1.22 bits per heavy atom. The number of rotatable bonds is 3. The van der Waals surface area contributed by atoms with Gasteiger partial charge in [-0.3, -0.25) is 5.41 Å². The molecule has 1 aromatic carbocycles. The van der Waals surface area contributed by atoms with E-state index in [0.717, 1.165) is 42.8 Å². The van der Waals surface area contributed by atoms with Crippen molar-refractivity contribution in [3.8, 4) is 0 Å². The first-order valence-corrected chi connectivity index (χ1v) is 7.41. The minimum atomic E-state index is 0.725. The second kappa shape index (κ2) is 6.45. The Kier molecular flexibility index (Phi) is 4.92. The molecule has 0 bridgehead atoms. The van der Waals surface area contributed by atoms with Crippen molar-refractivity contribution >= 4 is 29.2 Å². The molecule has 5 heteroatoms. The maximum absolute atomic E-state index is 8.10. The first kappa shape index (κ1) is 13.7. The van der Waals surface area contributed by atoms with E-state index in [4.69, 9.17) is 17.0 Å². The molecule has 1 heterocycles. The molecular weight excluding hydrogens is 266 g/mol. The quantitative estimate of drug-likeness (QED) is 0.526. The Labute approximate surface area is 118 Å². The number of benzene rings is 1. The highest BCUT2D eigenvalue weighted by Crippen LogP contribution is 2.20. The normalized spacial score (nSPS) is 16.9. The van der Waals surface area contributed by atoms with Crippen LogP contribution < -0.4 is 0 Å². The Morgan fingerprint density at radius 3 is 2.44 bits per heavy atom. The van der Waals surface area contributed by atoms with E-state index in [1.165, 1.54) is 4.90 Å². The number of halogens is 1. The summed E-state index contributed by atoms with van der Waals surface area (Å²) in [5, 5.41) is 8.86. The molecule has 0 aliphatic carbocycles. The van der Waals surface area contributed by atoms with Gasteiger partial charge in [-0.15, -0.1) is 11.8 Å². The van der Waals surface area contributed by atoms with E-state index in [1.807, 2.05) is 24.3 Å². The highest BCUT2D eigenvalue weighted by Gasteiger charge is 2.16. The van der Waals surface area contributed by atoms with Crippen LogP contribution >= 0.6 is 23.4 Å². The van der Waals surface area contributed by atoms with Gasteiger partial charge in [-0.1, -0.05) is 11.6 Å². The van der Waals surface area contributed by atoms with Gasteiger partial charge in [0.2, 0.25) is 0 Å². The summed E-state index contributed by atoms with van der Waals surface area (Å²) in [6.07, 6.45) is 0. The number of hydrogen-bond donors (Lipinski definition) is 1. The third kappa shape index (κ3) is 3.90. The summed E-state index contributed by atoms with van der Waals surface area (Å²) in [5.41, 5.74) is 0. The van der Waals surface area contributed by atoms with Crippen LogP contribution in [0.5, 0.6) is 0 Å². The van der Waals surface area contributed by atoms with Crippen LogP contribution in [-0.2, 0) is 0 Å². The van der Waals surface area contributed by atoms with Crippen molar-refractivity contribution < 1.29 is 0 Å². The molecule has 0 spiro atoms. The monoisotopic (exact) mass is 283 g/mol. The second-order valence-electron chi connectivity index (χ2n) is 4.48. The van der Waals surface area contributed by atoms with Crippen LogP contribution in [0, 0.1) is 5.41 Å². The molecular formula is C13H18ClN3S. The number of piperazine rings is 1. The number of nitrogens with one attached hydrogen (secondary N) is 1. The summed E-state index contributed by atoms with van der Waals surface area (Å²) in [7, 11) is 2.13. The van der Waals surface area contributed by atoms with Crippen LogP contribution in [0.3, 0.4) is 0 Å². The average Bonchev–Trinajstić information content (AvgIpc) is 2.38. The first-order chi connectivity index (χ1) is 8.65. The summed E-state index contributed by atoms with van der Waals surface area (Å²) < 4.78 is 0. The second-order valence-corrected chi connectivity index (χ2v) is 5.96. The van der Waals surface area contributed by atoms with Crippen molar-refractivity contribution in [2.24, 2.45) is 0 Å². The van der Waals surface area contributed by atoms with Crippen LogP contribution in [0.2, 0.25) is 5.02 Å². The summed E-state index contributed by atoms with van der Waals surface area (Å²) in [6, 6.07) is 7.79. The molecule has 98 valence electrons. The van der Waals surface area contributed by atoms with E-state index in [-0.39, 0.29) is 0 Å². The number of hydrogen-bond acceptors (Lipinski definition) is 3. The van der Waals surface area contributed by atoms with E-state index in [1.54, 1.807) is 11.8 Å². The molecule has 1 aromatic rings. The van der Waals surface area contributed by atoms with E-state index in [9.17, 15) is 0 Å². The van der Waals surface area contributed by atoms with Gasteiger partial charge in [0.05, 0.1) is 5.75 Å². The molecule has 1 fully saturated rings. The Bertz CT molecular complexity index is 399. The highest BCUT2D eigenvalue weighted by atomic mass is 35.5. The Balaban J connectivity index is 1.79. The van der Waals surface area contributed by atoms with Gasteiger partial charge in [0.1, 0.15) is 5.84 Å². The molecule has 0 aromatic heterocycles. The fraction of sp³-hybridized carbons (Fsp3) is 0.462. The van der Waals surface area contributed by atoms with E-state index >= 15 is 0 Å². The van der Waals surface area contributed by atoms with Crippen molar-refractivity contribution in [2.75, 3.05) is 39.0 Å². The maximum atomic E-state index is 8.10. The van der Waals surface area contributed by atoms with Crippen molar-refractivity contribution in [3.63, 3.8) is 0 Å². The fourth-order valence-corrected chi connectivity index (χ4v) is 2.79. The van der Waals surface area contributed by atoms with Gasteiger partial charge in [-0.25, -0.2) is 0 Å². The lowest BCUT2D eigenvalue weighted by atomic mass is 10.3. The summed E-state index contributed by atoms with van der Waals surface area (Å²) in [6.45, 7) is 4.04. The van der Waals surface area contributed by atoms with Gasteiger partial charge in [-0.05, 0) is 31.3 Å². The molecule has 1 aliphatic heterocycles. The van der Waals surface area contributed by atoms with E-state index < -0.39 is 0 Å². The molecule has 18 heavy (non-hydrogen) atoms. The molecule has 0 amide bonds. The first-order valence-electron chi connectivity index (χ1n) is 6.04. The summed E-state index contributed by atoms with van der Waals surface area (Å²) >= 11 is 7.54. The molecule has 0 unspecified atom stereocenters. The van der Waals surface area contributed by atoms with Crippen molar-refractivity contribution in [2.45, 2.75) is 4.90 Å². The Hall–Kier alpha value is -0.710.